The van der Waals surface area contributed by atoms with E-state index in [1.54, 1.807) is 24.3 Å². The molecule has 1 N–H and O–H groups in total. The van der Waals surface area contributed by atoms with Gasteiger partial charge in [0.1, 0.15) is 11.5 Å². The quantitative estimate of drug-likeness (QED) is 0.590. The molecule has 1 aliphatic heterocycles. The van der Waals surface area contributed by atoms with Crippen LogP contribution in [0.3, 0.4) is 0 Å². The van der Waals surface area contributed by atoms with Gasteiger partial charge >= 0.3 is 0 Å². The molecule has 30 heavy (non-hydrogen) atoms. The van der Waals surface area contributed by atoms with Gasteiger partial charge in [-0.1, -0.05) is 0 Å². The highest BCUT2D eigenvalue weighted by Gasteiger charge is 2.41. The molecule has 3 rings (SSSR count). The van der Waals surface area contributed by atoms with Crippen LogP contribution in [0.15, 0.2) is 52.3 Å². The second kappa shape index (κ2) is 9.04. The Kier molecular flexibility index (Phi) is 6.47. The molecule has 160 valence electrons. The van der Waals surface area contributed by atoms with Crippen molar-refractivity contribution in [3.05, 3.63) is 59.3 Å². The maximum Gasteiger partial charge on any atom is 0.239 e. The van der Waals surface area contributed by atoms with Crippen molar-refractivity contribution in [1.82, 2.24) is 4.90 Å². The molecule has 0 aliphatic carbocycles. The summed E-state index contributed by atoms with van der Waals surface area (Å²) in [5.74, 6) is -1.13. The maximum atomic E-state index is 13.1. The number of ether oxygens (including phenoxy) is 2. The minimum atomic E-state index is -0.884. The highest BCUT2D eigenvalue weighted by atomic mass is 16.5. The molecule has 1 aromatic carbocycles. The van der Waals surface area contributed by atoms with E-state index in [2.05, 4.69) is 0 Å². The first-order chi connectivity index (χ1) is 14.4. The second-order valence-corrected chi connectivity index (χ2v) is 7.37. The Balaban J connectivity index is 2.10. The third-order valence-corrected chi connectivity index (χ3v) is 5.08. The van der Waals surface area contributed by atoms with E-state index in [9.17, 15) is 14.7 Å². The predicted molar refractivity (Wildman–Crippen MR) is 106 cm³/mol. The van der Waals surface area contributed by atoms with Gasteiger partial charge in [-0.15, -0.1) is 0 Å². The predicted octanol–water partition coefficient (Wildman–Crippen LogP) is 0.212. The number of methoxy groups -OCH3 is 2. The van der Waals surface area contributed by atoms with Crippen LogP contribution in [0.2, 0.25) is 0 Å². The third-order valence-electron chi connectivity index (χ3n) is 5.08. The standard InChI is InChI=1S/C22H26N2O6/c1-23(2)10-6-11-24-19(15-13-14(28-3)8-9-16(15)29-4)18(21(26)22(24)27)20(25)17-7-5-12-30-17/h5,7-9,12-13,19,26H,6,10-11H2,1-4H3. The van der Waals surface area contributed by atoms with Crippen LogP contribution in [0, 0.1) is 0 Å². The number of ketones is 1. The van der Waals surface area contributed by atoms with Gasteiger partial charge in [0.05, 0.1) is 47.2 Å². The van der Waals surface area contributed by atoms with Crippen molar-refractivity contribution >= 4 is 11.7 Å². The fourth-order valence-corrected chi connectivity index (χ4v) is 3.62. The van der Waals surface area contributed by atoms with Gasteiger partial charge in [0.2, 0.25) is 11.7 Å². The number of quaternary nitrogens is 1. The van der Waals surface area contributed by atoms with E-state index in [0.717, 1.165) is 6.54 Å². The van der Waals surface area contributed by atoms with E-state index in [4.69, 9.17) is 13.9 Å². The van der Waals surface area contributed by atoms with Gasteiger partial charge in [-0.2, -0.15) is 0 Å². The van der Waals surface area contributed by atoms with Gasteiger partial charge < -0.3 is 28.8 Å². The van der Waals surface area contributed by atoms with Gasteiger partial charge in [0.15, 0.2) is 5.76 Å². The van der Waals surface area contributed by atoms with E-state index < -0.39 is 23.5 Å². The topological polar surface area (TPSA) is 96.5 Å². The van der Waals surface area contributed by atoms with E-state index in [-0.39, 0.29) is 11.3 Å². The first-order valence-corrected chi connectivity index (χ1v) is 9.70. The lowest BCUT2D eigenvalue weighted by molar-refractivity contribution is -0.858. The zero-order valence-corrected chi connectivity index (χ0v) is 17.6. The lowest BCUT2D eigenvalue weighted by Gasteiger charge is -2.29. The Labute approximate surface area is 175 Å². The molecule has 0 saturated carbocycles. The molecule has 8 heteroatoms. The summed E-state index contributed by atoms with van der Waals surface area (Å²) in [6.07, 6.45) is 2.03. The zero-order chi connectivity index (χ0) is 21.8. The summed E-state index contributed by atoms with van der Waals surface area (Å²) in [5.41, 5.74) is 0.377. The Hall–Kier alpha value is -3.26. The lowest BCUT2D eigenvalue weighted by Crippen LogP contribution is -3.05. The number of Topliss-reactive ketones (excluding diaryl/α,β-unsaturated/α-hetero) is 1. The largest absolute Gasteiger partial charge is 0.868 e. The molecule has 1 aliphatic rings. The average molecular weight is 414 g/mol. The number of nitrogens with zero attached hydrogens (tertiary/aromatic N) is 1. The van der Waals surface area contributed by atoms with Crippen LogP contribution >= 0.6 is 0 Å². The second-order valence-electron chi connectivity index (χ2n) is 7.37. The zero-order valence-electron chi connectivity index (χ0n) is 17.6. The normalized spacial score (nSPS) is 16.5. The average Bonchev–Trinajstić information content (AvgIpc) is 3.35. The molecule has 1 unspecified atom stereocenters. The summed E-state index contributed by atoms with van der Waals surface area (Å²) in [5, 5.41) is 12.9. The van der Waals surface area contributed by atoms with Crippen molar-refractivity contribution in [2.75, 3.05) is 41.4 Å². The van der Waals surface area contributed by atoms with E-state index in [0.29, 0.717) is 30.0 Å². The van der Waals surface area contributed by atoms with Crippen LogP contribution in [0.1, 0.15) is 28.6 Å². The molecule has 0 saturated heterocycles. The summed E-state index contributed by atoms with van der Waals surface area (Å²) in [4.78, 5) is 28.7. The van der Waals surface area contributed by atoms with Crippen molar-refractivity contribution in [2.24, 2.45) is 0 Å². The Morgan fingerprint density at radius 1 is 1.23 bits per heavy atom. The number of hydrogen-bond acceptors (Lipinski definition) is 6. The Morgan fingerprint density at radius 3 is 2.60 bits per heavy atom. The molecule has 1 atom stereocenters. The van der Waals surface area contributed by atoms with Crippen molar-refractivity contribution in [1.29, 1.82) is 0 Å². The van der Waals surface area contributed by atoms with Gasteiger partial charge in [0.25, 0.3) is 0 Å². The van der Waals surface area contributed by atoms with Crippen molar-refractivity contribution in [2.45, 2.75) is 12.5 Å². The molecule has 0 bridgehead atoms. The minimum absolute atomic E-state index is 0.0117. The fourth-order valence-electron chi connectivity index (χ4n) is 3.62. The molecule has 8 nitrogen and oxygen atoms in total. The number of furan rings is 1. The molecular formula is C22H26N2O6. The summed E-state index contributed by atoms with van der Waals surface area (Å²) in [6.45, 7) is 1.14. The number of carbonyl (C=O) groups excluding carboxylic acids is 2. The summed E-state index contributed by atoms with van der Waals surface area (Å²) < 4.78 is 16.0. The number of benzene rings is 1. The molecule has 1 aromatic heterocycles. The minimum Gasteiger partial charge on any atom is -0.868 e. The summed E-state index contributed by atoms with van der Waals surface area (Å²) >= 11 is 0. The molecule has 2 heterocycles. The van der Waals surface area contributed by atoms with Gasteiger partial charge in [0, 0.05) is 24.1 Å². The van der Waals surface area contributed by atoms with Crippen molar-refractivity contribution < 1.29 is 33.5 Å². The Bertz CT molecular complexity index is 949. The number of amides is 1. The molecule has 0 radical (unpaired) electrons. The smallest absolute Gasteiger partial charge is 0.239 e. The number of hydrogen-bond donors (Lipinski definition) is 1. The van der Waals surface area contributed by atoms with Gasteiger partial charge in [-0.05, 0) is 36.1 Å². The molecular weight excluding hydrogens is 388 g/mol. The SMILES string of the molecule is COc1ccc(OC)c(C2C(C(=O)c3ccco3)=C([O-])C(=O)N2CCC[NH+](C)C)c1. The lowest BCUT2D eigenvalue weighted by atomic mass is 9.94. The molecule has 1 amide bonds. The maximum absolute atomic E-state index is 13.1. The van der Waals surface area contributed by atoms with E-state index in [1.807, 2.05) is 14.1 Å². The highest BCUT2D eigenvalue weighted by molar-refractivity contribution is 6.14. The fraction of sp³-hybridized carbons (Fsp3) is 0.364. The van der Waals surface area contributed by atoms with Crippen LogP contribution < -0.4 is 19.5 Å². The van der Waals surface area contributed by atoms with E-state index >= 15 is 0 Å². The molecule has 0 fully saturated rings. The van der Waals surface area contributed by atoms with Crippen molar-refractivity contribution in [3.8, 4) is 11.5 Å². The molecule has 2 aromatic rings. The van der Waals surface area contributed by atoms with Crippen LogP contribution in [-0.4, -0.2) is 58.0 Å². The number of nitrogens with one attached hydrogen (secondary N) is 1. The van der Waals surface area contributed by atoms with Crippen LogP contribution in [0.25, 0.3) is 0 Å². The summed E-state index contributed by atoms with van der Waals surface area (Å²) in [7, 11) is 7.04. The number of carbonyl (C=O) groups is 2. The van der Waals surface area contributed by atoms with Crippen molar-refractivity contribution in [3.63, 3.8) is 0 Å². The monoisotopic (exact) mass is 414 g/mol. The summed E-state index contributed by atoms with van der Waals surface area (Å²) in [6, 6.07) is 7.26. The molecule has 0 spiro atoms. The first-order valence-electron chi connectivity index (χ1n) is 9.70. The van der Waals surface area contributed by atoms with E-state index in [1.165, 1.54) is 36.3 Å². The van der Waals surface area contributed by atoms with Crippen LogP contribution in [0.5, 0.6) is 11.5 Å². The first kappa shape index (κ1) is 21.4. The third kappa shape index (κ3) is 4.04. The van der Waals surface area contributed by atoms with Crippen LogP contribution in [-0.2, 0) is 4.79 Å². The van der Waals surface area contributed by atoms with Gasteiger partial charge in [-0.3, -0.25) is 9.59 Å². The van der Waals surface area contributed by atoms with Crippen LogP contribution in [0.4, 0.5) is 0 Å². The highest BCUT2D eigenvalue weighted by Crippen LogP contribution is 2.43. The number of rotatable bonds is 9. The van der Waals surface area contributed by atoms with Gasteiger partial charge in [-0.25, -0.2) is 0 Å². The Morgan fingerprint density at radius 2 is 2.00 bits per heavy atom.